The maximum absolute atomic E-state index is 12.3. The average Bonchev–Trinajstić information content (AvgIpc) is 2.67. The molecular weight excluding hydrogens is 252 g/mol. The largest absolute Gasteiger partial charge is 0.468 e. The molecule has 0 spiro atoms. The van der Waals surface area contributed by atoms with Gasteiger partial charge in [0.25, 0.3) is 0 Å². The Labute approximate surface area is 120 Å². The fourth-order valence-electron chi connectivity index (χ4n) is 3.72. The van der Waals surface area contributed by atoms with Crippen molar-refractivity contribution < 1.29 is 9.53 Å². The molecule has 0 aliphatic carbocycles. The number of fused-ring (bicyclic) bond motifs is 2. The van der Waals surface area contributed by atoms with Crippen molar-refractivity contribution in [2.45, 2.75) is 31.0 Å². The first-order chi connectivity index (χ1) is 9.65. The number of methoxy groups -OCH3 is 1. The van der Waals surface area contributed by atoms with Crippen LogP contribution in [-0.2, 0) is 16.1 Å². The molecule has 2 atom stereocenters. The maximum Gasteiger partial charge on any atom is 0.327 e. The number of nitrogens with zero attached hydrogens (tertiary/aromatic N) is 2. The molecule has 2 fully saturated rings. The van der Waals surface area contributed by atoms with Gasteiger partial charge < -0.3 is 4.74 Å². The standard InChI is InChI=1S/C16H22N2O2/c1-17-14-8-9-16(17,15(19)20-2)12-18(11-14)10-13-6-4-3-5-7-13/h3-7,14H,8-12H2,1-2H3. The summed E-state index contributed by atoms with van der Waals surface area (Å²) in [5.74, 6) is -0.0831. The van der Waals surface area contributed by atoms with Crippen LogP contribution in [0.3, 0.4) is 0 Å². The minimum absolute atomic E-state index is 0.0831. The minimum atomic E-state index is -0.438. The number of benzene rings is 1. The van der Waals surface area contributed by atoms with Crippen LogP contribution in [0.1, 0.15) is 18.4 Å². The third kappa shape index (κ3) is 2.13. The molecule has 2 heterocycles. The third-order valence-corrected chi connectivity index (χ3v) is 4.88. The topological polar surface area (TPSA) is 32.8 Å². The Morgan fingerprint density at radius 3 is 2.85 bits per heavy atom. The fourth-order valence-corrected chi connectivity index (χ4v) is 3.72. The van der Waals surface area contributed by atoms with Crippen LogP contribution < -0.4 is 0 Å². The summed E-state index contributed by atoms with van der Waals surface area (Å²) in [5, 5.41) is 0. The van der Waals surface area contributed by atoms with E-state index in [1.807, 2.05) is 6.07 Å². The first kappa shape index (κ1) is 13.6. The van der Waals surface area contributed by atoms with Gasteiger partial charge in [-0.2, -0.15) is 0 Å². The lowest BCUT2D eigenvalue weighted by molar-refractivity contribution is -0.157. The van der Waals surface area contributed by atoms with Gasteiger partial charge in [0.1, 0.15) is 5.54 Å². The van der Waals surface area contributed by atoms with E-state index in [1.54, 1.807) is 0 Å². The second-order valence-electron chi connectivity index (χ2n) is 5.98. The Morgan fingerprint density at radius 2 is 2.15 bits per heavy atom. The number of rotatable bonds is 3. The monoisotopic (exact) mass is 274 g/mol. The molecule has 2 aliphatic heterocycles. The highest BCUT2D eigenvalue weighted by atomic mass is 16.5. The van der Waals surface area contributed by atoms with Gasteiger partial charge in [0, 0.05) is 25.7 Å². The van der Waals surface area contributed by atoms with Crippen LogP contribution in [0, 0.1) is 0 Å². The summed E-state index contributed by atoms with van der Waals surface area (Å²) < 4.78 is 5.07. The first-order valence-corrected chi connectivity index (χ1v) is 7.23. The van der Waals surface area contributed by atoms with Crippen molar-refractivity contribution in [3.05, 3.63) is 35.9 Å². The molecule has 108 valence electrons. The molecule has 2 saturated heterocycles. The summed E-state index contributed by atoms with van der Waals surface area (Å²) in [6, 6.07) is 10.9. The normalized spacial score (nSPS) is 30.4. The highest BCUT2D eigenvalue weighted by molar-refractivity contribution is 5.82. The van der Waals surface area contributed by atoms with Crippen molar-refractivity contribution in [3.63, 3.8) is 0 Å². The number of ether oxygens (including phenoxy) is 1. The first-order valence-electron chi connectivity index (χ1n) is 7.23. The zero-order valence-corrected chi connectivity index (χ0v) is 12.2. The van der Waals surface area contributed by atoms with Crippen molar-refractivity contribution in [2.24, 2.45) is 0 Å². The fraction of sp³-hybridized carbons (Fsp3) is 0.562. The van der Waals surface area contributed by atoms with E-state index in [1.165, 1.54) is 12.7 Å². The molecule has 4 heteroatoms. The Bertz CT molecular complexity index is 491. The van der Waals surface area contributed by atoms with Crippen LogP contribution in [-0.4, -0.2) is 54.6 Å². The summed E-state index contributed by atoms with van der Waals surface area (Å²) in [4.78, 5) is 16.9. The van der Waals surface area contributed by atoms with Crippen LogP contribution in [0.4, 0.5) is 0 Å². The van der Waals surface area contributed by atoms with E-state index >= 15 is 0 Å². The maximum atomic E-state index is 12.3. The SMILES string of the molecule is COC(=O)C12CCC(CN(Cc3ccccc3)C1)N2C. The quantitative estimate of drug-likeness (QED) is 0.782. The van der Waals surface area contributed by atoms with Crippen LogP contribution >= 0.6 is 0 Å². The van der Waals surface area contributed by atoms with E-state index in [2.05, 4.69) is 41.1 Å². The minimum Gasteiger partial charge on any atom is -0.468 e. The number of carbonyl (C=O) groups is 1. The molecule has 20 heavy (non-hydrogen) atoms. The highest BCUT2D eigenvalue weighted by Gasteiger charge is 2.54. The summed E-state index contributed by atoms with van der Waals surface area (Å²) in [6.45, 7) is 2.70. The summed E-state index contributed by atoms with van der Waals surface area (Å²) >= 11 is 0. The molecule has 3 rings (SSSR count). The molecule has 2 aliphatic rings. The highest BCUT2D eigenvalue weighted by Crippen LogP contribution is 2.39. The van der Waals surface area contributed by atoms with Crippen molar-refractivity contribution in [2.75, 3.05) is 27.2 Å². The van der Waals surface area contributed by atoms with E-state index in [0.29, 0.717) is 6.04 Å². The number of likely N-dealkylation sites (N-methyl/N-ethyl adjacent to an activating group) is 1. The number of piperazine rings is 1. The van der Waals surface area contributed by atoms with Gasteiger partial charge in [0.2, 0.25) is 0 Å². The lowest BCUT2D eigenvalue weighted by Crippen LogP contribution is -2.63. The zero-order chi connectivity index (χ0) is 14.2. The second kappa shape index (κ2) is 5.19. The molecule has 0 amide bonds. The molecule has 1 aromatic rings. The molecule has 0 radical (unpaired) electrons. The van der Waals surface area contributed by atoms with Gasteiger partial charge in [0.05, 0.1) is 7.11 Å². The van der Waals surface area contributed by atoms with Crippen LogP contribution in [0.2, 0.25) is 0 Å². The Hall–Kier alpha value is -1.39. The van der Waals surface area contributed by atoms with Crippen molar-refractivity contribution in [1.82, 2.24) is 9.80 Å². The predicted molar refractivity (Wildman–Crippen MR) is 77.3 cm³/mol. The summed E-state index contributed by atoms with van der Waals surface area (Å²) in [6.07, 6.45) is 1.99. The van der Waals surface area contributed by atoms with Gasteiger partial charge in [-0.3, -0.25) is 9.80 Å². The number of likely N-dealkylation sites (tertiary alicyclic amines) is 1. The van der Waals surface area contributed by atoms with E-state index < -0.39 is 5.54 Å². The van der Waals surface area contributed by atoms with Gasteiger partial charge in [-0.1, -0.05) is 30.3 Å². The van der Waals surface area contributed by atoms with E-state index in [4.69, 9.17) is 4.74 Å². The van der Waals surface area contributed by atoms with E-state index in [-0.39, 0.29) is 5.97 Å². The molecule has 4 nitrogen and oxygen atoms in total. The second-order valence-corrected chi connectivity index (χ2v) is 5.98. The lowest BCUT2D eigenvalue weighted by atomic mass is 9.95. The van der Waals surface area contributed by atoms with Gasteiger partial charge in [-0.05, 0) is 25.5 Å². The van der Waals surface area contributed by atoms with Gasteiger partial charge in [-0.15, -0.1) is 0 Å². The molecule has 0 aromatic heterocycles. The molecule has 1 aromatic carbocycles. The van der Waals surface area contributed by atoms with Gasteiger partial charge in [0.15, 0.2) is 0 Å². The number of hydrogen-bond donors (Lipinski definition) is 0. The molecule has 0 saturated carbocycles. The Kier molecular flexibility index (Phi) is 3.52. The Balaban J connectivity index is 1.79. The Morgan fingerprint density at radius 1 is 1.40 bits per heavy atom. The molecule has 0 N–H and O–H groups in total. The molecule has 2 unspecified atom stereocenters. The number of hydrogen-bond acceptors (Lipinski definition) is 4. The lowest BCUT2D eigenvalue weighted by Gasteiger charge is -2.45. The number of carbonyl (C=O) groups excluding carboxylic acids is 1. The van der Waals surface area contributed by atoms with Crippen molar-refractivity contribution in [3.8, 4) is 0 Å². The van der Waals surface area contributed by atoms with Gasteiger partial charge >= 0.3 is 5.97 Å². The van der Waals surface area contributed by atoms with Crippen molar-refractivity contribution in [1.29, 1.82) is 0 Å². The smallest absolute Gasteiger partial charge is 0.327 e. The van der Waals surface area contributed by atoms with Crippen molar-refractivity contribution >= 4 is 5.97 Å². The van der Waals surface area contributed by atoms with Crippen LogP contribution in [0.25, 0.3) is 0 Å². The third-order valence-electron chi connectivity index (χ3n) is 4.88. The molecule has 2 bridgehead atoms. The van der Waals surface area contributed by atoms with Gasteiger partial charge in [-0.25, -0.2) is 4.79 Å². The number of esters is 1. The van der Waals surface area contributed by atoms with E-state index in [0.717, 1.165) is 32.5 Å². The zero-order valence-electron chi connectivity index (χ0n) is 12.2. The summed E-state index contributed by atoms with van der Waals surface area (Å²) in [7, 11) is 3.56. The molecular formula is C16H22N2O2. The average molecular weight is 274 g/mol. The predicted octanol–water partition coefficient (Wildman–Crippen LogP) is 1.51. The van der Waals surface area contributed by atoms with Crippen LogP contribution in [0.5, 0.6) is 0 Å². The van der Waals surface area contributed by atoms with Crippen LogP contribution in [0.15, 0.2) is 30.3 Å². The van der Waals surface area contributed by atoms with E-state index in [9.17, 15) is 4.79 Å². The summed E-state index contributed by atoms with van der Waals surface area (Å²) in [5.41, 5.74) is 0.864.